The summed E-state index contributed by atoms with van der Waals surface area (Å²) in [4.78, 5) is 11.6. The van der Waals surface area contributed by atoms with E-state index in [1.807, 2.05) is 0 Å². The van der Waals surface area contributed by atoms with Crippen molar-refractivity contribution < 1.29 is 36.3 Å². The normalized spacial score (nSPS) is 12.2. The van der Waals surface area contributed by atoms with E-state index >= 15 is 0 Å². The largest absolute Gasteiger partial charge is 0.485 e. The van der Waals surface area contributed by atoms with Gasteiger partial charge in [-0.3, -0.25) is 9.36 Å². The van der Waals surface area contributed by atoms with Crippen molar-refractivity contribution in [3.05, 3.63) is 29.8 Å². The Kier molecular flexibility index (Phi) is 5.95. The van der Waals surface area contributed by atoms with Gasteiger partial charge >= 0.3 is 13.8 Å². The molecule has 0 aliphatic carbocycles. The first-order chi connectivity index (χ1) is 9.72. The Hall–Kier alpha value is -1.37. The van der Waals surface area contributed by atoms with Gasteiger partial charge in [-0.25, -0.2) is 0 Å². The number of ketones is 1. The zero-order valence-corrected chi connectivity index (χ0v) is 12.2. The van der Waals surface area contributed by atoms with Gasteiger partial charge in [-0.15, -0.1) is 0 Å². The van der Waals surface area contributed by atoms with Gasteiger partial charge in [0.25, 0.3) is 0 Å². The van der Waals surface area contributed by atoms with Crippen LogP contribution in [0.2, 0.25) is 0 Å². The van der Waals surface area contributed by atoms with Crippen LogP contribution in [-0.2, 0) is 24.6 Å². The standard InChI is InChI=1S/C12H14F3O5P/c1-18-21(17,19-2)8-9(16)7-20-11-6-4-3-5-10(11)12(13,14)15/h3-6H,7-8H2,1-2H3. The maximum atomic E-state index is 12.7. The fraction of sp³-hybridized carbons (Fsp3) is 0.417. The highest BCUT2D eigenvalue weighted by Gasteiger charge is 2.34. The number of ether oxygens (including phenoxy) is 1. The Labute approximate surface area is 119 Å². The molecule has 0 fully saturated rings. The van der Waals surface area contributed by atoms with E-state index < -0.39 is 43.6 Å². The molecule has 1 rings (SSSR count). The summed E-state index contributed by atoms with van der Waals surface area (Å²) in [5.74, 6) is -1.16. The average Bonchev–Trinajstić information content (AvgIpc) is 2.44. The fourth-order valence-electron chi connectivity index (χ4n) is 1.45. The van der Waals surface area contributed by atoms with Crippen molar-refractivity contribution in [2.75, 3.05) is 27.0 Å². The molecular weight excluding hydrogens is 312 g/mol. The van der Waals surface area contributed by atoms with Gasteiger partial charge in [0.2, 0.25) is 0 Å². The van der Waals surface area contributed by atoms with Crippen molar-refractivity contribution in [1.82, 2.24) is 0 Å². The minimum absolute atomic E-state index is 0.469. The summed E-state index contributed by atoms with van der Waals surface area (Å²) in [6.07, 6.45) is -5.16. The van der Waals surface area contributed by atoms with Gasteiger partial charge in [-0.2, -0.15) is 13.2 Å². The van der Waals surface area contributed by atoms with Gasteiger partial charge in [-0.05, 0) is 12.1 Å². The molecule has 0 N–H and O–H groups in total. The first-order valence-electron chi connectivity index (χ1n) is 5.73. The smallest absolute Gasteiger partial charge is 0.419 e. The highest BCUT2D eigenvalue weighted by atomic mass is 31.2. The van der Waals surface area contributed by atoms with Gasteiger partial charge in [0.15, 0.2) is 5.78 Å². The maximum Gasteiger partial charge on any atom is 0.419 e. The summed E-state index contributed by atoms with van der Waals surface area (Å²) < 4.78 is 63.8. The van der Waals surface area contributed by atoms with Crippen molar-refractivity contribution in [2.45, 2.75) is 6.18 Å². The van der Waals surface area contributed by atoms with E-state index in [9.17, 15) is 22.5 Å². The second-order valence-electron chi connectivity index (χ2n) is 3.96. The summed E-state index contributed by atoms with van der Waals surface area (Å²) in [5.41, 5.74) is -0.987. The topological polar surface area (TPSA) is 61.8 Å². The number of carbonyl (C=O) groups is 1. The Balaban J connectivity index is 2.73. The lowest BCUT2D eigenvalue weighted by atomic mass is 10.2. The predicted octanol–water partition coefficient (Wildman–Crippen LogP) is 3.14. The van der Waals surface area contributed by atoms with Crippen molar-refractivity contribution >= 4 is 13.4 Å². The number of Topliss-reactive ketones (excluding diaryl/α,β-unsaturated/α-hetero) is 1. The molecule has 1 aromatic rings. The molecule has 0 saturated carbocycles. The summed E-state index contributed by atoms with van der Waals surface area (Å²) >= 11 is 0. The van der Waals surface area contributed by atoms with Gasteiger partial charge in [0.1, 0.15) is 18.5 Å². The number of hydrogen-bond acceptors (Lipinski definition) is 5. The molecule has 9 heteroatoms. The number of halogens is 3. The number of rotatable bonds is 7. The zero-order chi connectivity index (χ0) is 16.1. The number of alkyl halides is 3. The Morgan fingerprint density at radius 3 is 2.29 bits per heavy atom. The number of carbonyl (C=O) groups excluding carboxylic acids is 1. The lowest BCUT2D eigenvalue weighted by Crippen LogP contribution is -2.18. The van der Waals surface area contributed by atoms with E-state index in [1.54, 1.807) is 0 Å². The van der Waals surface area contributed by atoms with Crippen LogP contribution >= 0.6 is 7.60 Å². The predicted molar refractivity (Wildman–Crippen MR) is 68.4 cm³/mol. The van der Waals surface area contributed by atoms with Crippen LogP contribution < -0.4 is 4.74 Å². The first-order valence-corrected chi connectivity index (χ1v) is 7.46. The van der Waals surface area contributed by atoms with Crippen LogP contribution in [0.25, 0.3) is 0 Å². The summed E-state index contributed by atoms with van der Waals surface area (Å²) in [7, 11) is -1.34. The molecule has 0 radical (unpaired) electrons. The van der Waals surface area contributed by atoms with Crippen LogP contribution in [0.3, 0.4) is 0 Å². The Morgan fingerprint density at radius 2 is 1.76 bits per heavy atom. The average molecular weight is 326 g/mol. The van der Waals surface area contributed by atoms with Crippen LogP contribution in [0.5, 0.6) is 5.75 Å². The van der Waals surface area contributed by atoms with Gasteiger partial charge in [0, 0.05) is 14.2 Å². The van der Waals surface area contributed by atoms with E-state index in [2.05, 4.69) is 9.05 Å². The van der Waals surface area contributed by atoms with E-state index in [0.717, 1.165) is 26.4 Å². The minimum atomic E-state index is -4.59. The molecule has 0 bridgehead atoms. The number of benzene rings is 1. The molecule has 1 aromatic carbocycles. The van der Waals surface area contributed by atoms with E-state index in [1.165, 1.54) is 12.1 Å². The summed E-state index contributed by atoms with van der Waals surface area (Å²) in [6.45, 7) is -0.663. The molecule has 0 aliphatic heterocycles. The SMILES string of the molecule is COP(=O)(CC(=O)COc1ccccc1C(F)(F)F)OC. The highest BCUT2D eigenvalue weighted by molar-refractivity contribution is 7.54. The molecule has 0 amide bonds. The first kappa shape index (κ1) is 17.7. The molecule has 0 aliphatic rings. The van der Waals surface area contributed by atoms with Crippen LogP contribution in [0.15, 0.2) is 24.3 Å². The molecule has 0 spiro atoms. The number of para-hydroxylation sites is 1. The quantitative estimate of drug-likeness (QED) is 0.720. The lowest BCUT2D eigenvalue weighted by Gasteiger charge is -2.15. The third-order valence-electron chi connectivity index (χ3n) is 2.51. The highest BCUT2D eigenvalue weighted by Crippen LogP contribution is 2.46. The van der Waals surface area contributed by atoms with Crippen LogP contribution in [0.1, 0.15) is 5.56 Å². The summed E-state index contributed by atoms with van der Waals surface area (Å²) in [6, 6.07) is 4.50. The van der Waals surface area contributed by atoms with Crippen molar-refractivity contribution in [3.63, 3.8) is 0 Å². The molecule has 0 atom stereocenters. The molecule has 118 valence electrons. The lowest BCUT2D eigenvalue weighted by molar-refractivity contribution is -0.139. The zero-order valence-electron chi connectivity index (χ0n) is 11.3. The molecule has 0 saturated heterocycles. The third-order valence-corrected chi connectivity index (χ3v) is 4.36. The number of hydrogen-bond donors (Lipinski definition) is 0. The van der Waals surface area contributed by atoms with Gasteiger partial charge < -0.3 is 13.8 Å². The van der Waals surface area contributed by atoms with Crippen molar-refractivity contribution in [3.8, 4) is 5.75 Å². The van der Waals surface area contributed by atoms with Crippen molar-refractivity contribution in [2.24, 2.45) is 0 Å². The monoisotopic (exact) mass is 326 g/mol. The Bertz CT molecular complexity index is 536. The summed E-state index contributed by atoms with van der Waals surface area (Å²) in [5, 5.41) is 0. The second-order valence-corrected chi connectivity index (χ2v) is 6.22. The third kappa shape index (κ3) is 5.15. The maximum absolute atomic E-state index is 12.7. The minimum Gasteiger partial charge on any atom is -0.485 e. The van der Waals surface area contributed by atoms with E-state index in [4.69, 9.17) is 4.74 Å². The Morgan fingerprint density at radius 1 is 1.19 bits per heavy atom. The van der Waals surface area contributed by atoms with Crippen LogP contribution in [-0.4, -0.2) is 32.8 Å². The van der Waals surface area contributed by atoms with E-state index in [0.29, 0.717) is 0 Å². The van der Waals surface area contributed by atoms with Gasteiger partial charge in [-0.1, -0.05) is 12.1 Å². The molecular formula is C12H14F3O5P. The van der Waals surface area contributed by atoms with Crippen LogP contribution in [0, 0.1) is 0 Å². The fourth-order valence-corrected chi connectivity index (χ4v) is 2.38. The van der Waals surface area contributed by atoms with Gasteiger partial charge in [0.05, 0.1) is 5.56 Å². The molecule has 0 heterocycles. The molecule has 0 aromatic heterocycles. The van der Waals surface area contributed by atoms with Crippen molar-refractivity contribution in [1.29, 1.82) is 0 Å². The molecule has 0 unspecified atom stereocenters. The molecule has 5 nitrogen and oxygen atoms in total. The molecule has 21 heavy (non-hydrogen) atoms. The van der Waals surface area contributed by atoms with E-state index in [-0.39, 0.29) is 0 Å². The van der Waals surface area contributed by atoms with Crippen LogP contribution in [0.4, 0.5) is 13.2 Å². The second kappa shape index (κ2) is 7.06.